The first-order chi connectivity index (χ1) is 12.2. The molecule has 0 radical (unpaired) electrons. The van der Waals surface area contributed by atoms with E-state index >= 15 is 0 Å². The quantitative estimate of drug-likeness (QED) is 0.628. The highest BCUT2D eigenvalue weighted by Crippen LogP contribution is 2.32. The summed E-state index contributed by atoms with van der Waals surface area (Å²) in [4.78, 5) is 16.7. The summed E-state index contributed by atoms with van der Waals surface area (Å²) in [6, 6.07) is 12.4. The van der Waals surface area contributed by atoms with E-state index in [2.05, 4.69) is 4.98 Å². The number of hydrogen-bond donors (Lipinski definition) is 0. The molecule has 126 valence electrons. The number of aromatic nitrogens is 1. The monoisotopic (exact) mass is 373 g/mol. The molecule has 2 heterocycles. The van der Waals surface area contributed by atoms with E-state index in [-0.39, 0.29) is 13.4 Å². The molecule has 7 heteroatoms. The molecule has 2 aromatic carbocycles. The molecular formula is C18H12ClNO4S. The summed E-state index contributed by atoms with van der Waals surface area (Å²) in [7, 11) is 0. The number of esters is 1. The summed E-state index contributed by atoms with van der Waals surface area (Å²) < 4.78 is 15.8. The van der Waals surface area contributed by atoms with E-state index in [0.29, 0.717) is 27.8 Å². The molecule has 0 saturated carbocycles. The minimum Gasteiger partial charge on any atom is -0.456 e. The van der Waals surface area contributed by atoms with Crippen LogP contribution in [0.2, 0.25) is 5.02 Å². The number of halogens is 1. The summed E-state index contributed by atoms with van der Waals surface area (Å²) in [5.41, 5.74) is 2.09. The van der Waals surface area contributed by atoms with Crippen molar-refractivity contribution >= 4 is 28.9 Å². The lowest BCUT2D eigenvalue weighted by Gasteiger charge is -2.04. The number of rotatable bonds is 4. The molecule has 1 aromatic heterocycles. The molecule has 4 rings (SSSR count). The lowest BCUT2D eigenvalue weighted by molar-refractivity contribution is 0.0468. The number of nitrogens with zero attached hydrogens (tertiary/aromatic N) is 1. The Bertz CT molecular complexity index is 923. The summed E-state index contributed by atoms with van der Waals surface area (Å²) >= 11 is 7.38. The van der Waals surface area contributed by atoms with E-state index in [0.717, 1.165) is 10.6 Å². The normalized spacial score (nSPS) is 12.2. The third-order valence-electron chi connectivity index (χ3n) is 3.60. The number of thiazole rings is 1. The molecule has 0 aliphatic carbocycles. The molecule has 3 aromatic rings. The molecule has 0 spiro atoms. The molecule has 0 N–H and O–H groups in total. The van der Waals surface area contributed by atoms with Crippen LogP contribution in [0.5, 0.6) is 11.5 Å². The molecule has 25 heavy (non-hydrogen) atoms. The van der Waals surface area contributed by atoms with E-state index in [4.69, 9.17) is 25.8 Å². The van der Waals surface area contributed by atoms with E-state index in [1.807, 2.05) is 29.6 Å². The van der Waals surface area contributed by atoms with Gasteiger partial charge in [-0.15, -0.1) is 11.3 Å². The third kappa shape index (κ3) is 3.45. The predicted octanol–water partition coefficient (Wildman–Crippen LogP) is 4.55. The van der Waals surface area contributed by atoms with Crippen LogP contribution in [-0.2, 0) is 11.3 Å². The predicted molar refractivity (Wildman–Crippen MR) is 94.2 cm³/mol. The van der Waals surface area contributed by atoms with Gasteiger partial charge < -0.3 is 14.2 Å². The molecule has 0 bridgehead atoms. The van der Waals surface area contributed by atoms with Crippen LogP contribution >= 0.6 is 22.9 Å². The fourth-order valence-electron chi connectivity index (χ4n) is 2.34. The van der Waals surface area contributed by atoms with Gasteiger partial charge in [-0.1, -0.05) is 23.7 Å². The van der Waals surface area contributed by atoms with Crippen LogP contribution in [0.1, 0.15) is 16.1 Å². The number of hydrogen-bond acceptors (Lipinski definition) is 6. The molecule has 0 atom stereocenters. The van der Waals surface area contributed by atoms with Gasteiger partial charge >= 0.3 is 5.97 Å². The first-order valence-electron chi connectivity index (χ1n) is 7.46. The zero-order valence-corrected chi connectivity index (χ0v) is 14.5. The summed E-state index contributed by atoms with van der Waals surface area (Å²) in [6.45, 7) is 0.275. The minimum absolute atomic E-state index is 0.108. The lowest BCUT2D eigenvalue weighted by Crippen LogP contribution is -2.05. The molecule has 0 saturated heterocycles. The molecule has 1 aliphatic rings. The van der Waals surface area contributed by atoms with Crippen molar-refractivity contribution in [1.82, 2.24) is 4.98 Å². The van der Waals surface area contributed by atoms with Crippen LogP contribution in [0.3, 0.4) is 0 Å². The average Bonchev–Trinajstić information content (AvgIpc) is 3.29. The molecule has 0 unspecified atom stereocenters. The van der Waals surface area contributed by atoms with Gasteiger partial charge in [-0.25, -0.2) is 9.78 Å². The molecule has 0 amide bonds. The van der Waals surface area contributed by atoms with Crippen LogP contribution < -0.4 is 9.47 Å². The van der Waals surface area contributed by atoms with Gasteiger partial charge in [0, 0.05) is 16.0 Å². The Hall–Kier alpha value is -2.57. The van der Waals surface area contributed by atoms with Crippen molar-refractivity contribution in [3.8, 4) is 22.1 Å². The summed E-state index contributed by atoms with van der Waals surface area (Å²) in [6.07, 6.45) is 0. The second-order valence-corrected chi connectivity index (χ2v) is 6.59. The number of ether oxygens (including phenoxy) is 3. The standard InChI is InChI=1S/C18H12ClNO4S/c19-13-4-1-11(2-5-13)17-20-14(9-25-17)8-22-18(21)12-3-6-15-16(7-12)24-10-23-15/h1-7,9H,8,10H2. The van der Waals surface area contributed by atoms with Crippen molar-refractivity contribution in [2.24, 2.45) is 0 Å². The summed E-state index contributed by atoms with van der Waals surface area (Å²) in [5, 5.41) is 3.40. The zero-order chi connectivity index (χ0) is 17.2. The van der Waals surface area contributed by atoms with Crippen LogP contribution in [0.4, 0.5) is 0 Å². The van der Waals surface area contributed by atoms with Gasteiger partial charge in [0.05, 0.1) is 11.3 Å². The Kier molecular flexibility index (Phi) is 4.29. The van der Waals surface area contributed by atoms with Gasteiger partial charge in [0.25, 0.3) is 0 Å². The maximum atomic E-state index is 12.2. The smallest absolute Gasteiger partial charge is 0.338 e. The van der Waals surface area contributed by atoms with Crippen LogP contribution in [-0.4, -0.2) is 17.7 Å². The summed E-state index contributed by atoms with van der Waals surface area (Å²) in [5.74, 6) is 0.746. The highest BCUT2D eigenvalue weighted by atomic mass is 35.5. The van der Waals surface area contributed by atoms with Gasteiger partial charge in [-0.05, 0) is 30.3 Å². The molecule has 5 nitrogen and oxygen atoms in total. The van der Waals surface area contributed by atoms with Crippen LogP contribution in [0.15, 0.2) is 47.8 Å². The molecule has 0 fully saturated rings. The molecular weight excluding hydrogens is 362 g/mol. The Morgan fingerprint density at radius 1 is 1.16 bits per heavy atom. The Morgan fingerprint density at radius 2 is 1.96 bits per heavy atom. The topological polar surface area (TPSA) is 57.7 Å². The fourth-order valence-corrected chi connectivity index (χ4v) is 3.28. The fraction of sp³-hybridized carbons (Fsp3) is 0.111. The number of benzene rings is 2. The second kappa shape index (κ2) is 6.74. The highest BCUT2D eigenvalue weighted by Gasteiger charge is 2.17. The third-order valence-corrected chi connectivity index (χ3v) is 4.79. The van der Waals surface area contributed by atoms with Crippen molar-refractivity contribution in [3.05, 3.63) is 64.1 Å². The highest BCUT2D eigenvalue weighted by molar-refractivity contribution is 7.13. The Balaban J connectivity index is 1.41. The van der Waals surface area contributed by atoms with Crippen molar-refractivity contribution in [3.63, 3.8) is 0 Å². The minimum atomic E-state index is -0.431. The van der Waals surface area contributed by atoms with Crippen LogP contribution in [0, 0.1) is 0 Å². The second-order valence-electron chi connectivity index (χ2n) is 5.30. The van der Waals surface area contributed by atoms with Crippen LogP contribution in [0.25, 0.3) is 10.6 Å². The first kappa shape index (κ1) is 15.9. The van der Waals surface area contributed by atoms with Crippen molar-refractivity contribution in [1.29, 1.82) is 0 Å². The van der Waals surface area contributed by atoms with E-state index in [9.17, 15) is 4.79 Å². The largest absolute Gasteiger partial charge is 0.456 e. The van der Waals surface area contributed by atoms with Gasteiger partial charge in [0.1, 0.15) is 11.6 Å². The zero-order valence-electron chi connectivity index (χ0n) is 12.9. The van der Waals surface area contributed by atoms with E-state index in [1.54, 1.807) is 18.2 Å². The Morgan fingerprint density at radius 3 is 2.80 bits per heavy atom. The maximum Gasteiger partial charge on any atom is 0.338 e. The first-order valence-corrected chi connectivity index (χ1v) is 8.72. The van der Waals surface area contributed by atoms with Gasteiger partial charge in [-0.2, -0.15) is 0 Å². The lowest BCUT2D eigenvalue weighted by atomic mass is 10.2. The number of fused-ring (bicyclic) bond motifs is 1. The van der Waals surface area contributed by atoms with Gasteiger partial charge in [-0.3, -0.25) is 0 Å². The van der Waals surface area contributed by atoms with E-state index < -0.39 is 5.97 Å². The van der Waals surface area contributed by atoms with E-state index in [1.165, 1.54) is 11.3 Å². The molecule has 1 aliphatic heterocycles. The maximum absolute atomic E-state index is 12.2. The van der Waals surface area contributed by atoms with Gasteiger partial charge in [0.2, 0.25) is 6.79 Å². The number of carbonyl (C=O) groups is 1. The van der Waals surface area contributed by atoms with Gasteiger partial charge in [0.15, 0.2) is 11.5 Å². The Labute approximate surface area is 152 Å². The van der Waals surface area contributed by atoms with Crippen molar-refractivity contribution in [2.75, 3.05) is 6.79 Å². The van der Waals surface area contributed by atoms with Crippen molar-refractivity contribution < 1.29 is 19.0 Å². The van der Waals surface area contributed by atoms with Crippen molar-refractivity contribution in [2.45, 2.75) is 6.61 Å². The number of carbonyl (C=O) groups excluding carboxylic acids is 1. The average molecular weight is 374 g/mol. The SMILES string of the molecule is O=C(OCc1csc(-c2ccc(Cl)cc2)n1)c1ccc2c(c1)OCO2.